The molecule has 0 radical (unpaired) electrons. The van der Waals surface area contributed by atoms with E-state index in [1.54, 1.807) is 20.1 Å². The molecule has 1 aliphatic carbocycles. The topological polar surface area (TPSA) is 107 Å². The van der Waals surface area contributed by atoms with Crippen LogP contribution >= 0.6 is 11.3 Å². The Kier molecular flexibility index (Phi) is 8.43. The number of hydrogen-bond acceptors (Lipinski definition) is 9. The van der Waals surface area contributed by atoms with Gasteiger partial charge in [-0.3, -0.25) is 9.69 Å². The van der Waals surface area contributed by atoms with Crippen LogP contribution in [0.4, 0.5) is 5.00 Å². The SMILES string of the molecule is CCOC(=O)c1c(NC(=O)CN(Cc2ccco2)C2CC2)sc(C(=O)OCCOC)c1C. The van der Waals surface area contributed by atoms with E-state index in [0.29, 0.717) is 18.2 Å². The van der Waals surface area contributed by atoms with Gasteiger partial charge in [0.25, 0.3) is 0 Å². The summed E-state index contributed by atoms with van der Waals surface area (Å²) in [7, 11) is 1.51. The first-order chi connectivity index (χ1) is 15.4. The Bertz CT molecular complexity index is 934. The van der Waals surface area contributed by atoms with E-state index in [2.05, 4.69) is 5.32 Å². The van der Waals surface area contributed by atoms with Crippen molar-refractivity contribution in [2.24, 2.45) is 0 Å². The lowest BCUT2D eigenvalue weighted by atomic mass is 10.1. The first kappa shape index (κ1) is 24.0. The number of thiophene rings is 1. The lowest BCUT2D eigenvalue weighted by Gasteiger charge is -2.20. The highest BCUT2D eigenvalue weighted by molar-refractivity contribution is 7.18. The van der Waals surface area contributed by atoms with Crippen molar-refractivity contribution >= 4 is 34.2 Å². The van der Waals surface area contributed by atoms with Gasteiger partial charge in [0, 0.05) is 13.2 Å². The van der Waals surface area contributed by atoms with Gasteiger partial charge in [0.1, 0.15) is 22.2 Å². The van der Waals surface area contributed by atoms with Gasteiger partial charge in [0.05, 0.1) is 38.1 Å². The Morgan fingerprint density at radius 1 is 1.22 bits per heavy atom. The van der Waals surface area contributed by atoms with E-state index in [4.69, 9.17) is 18.6 Å². The molecule has 2 aromatic heterocycles. The monoisotopic (exact) mass is 464 g/mol. The second-order valence-corrected chi connectivity index (χ2v) is 8.39. The van der Waals surface area contributed by atoms with Crippen LogP contribution in [0.25, 0.3) is 0 Å². The first-order valence-corrected chi connectivity index (χ1v) is 11.3. The maximum atomic E-state index is 12.9. The van der Waals surface area contributed by atoms with E-state index in [-0.39, 0.29) is 47.7 Å². The molecular weight excluding hydrogens is 436 g/mol. The molecule has 174 valence electrons. The van der Waals surface area contributed by atoms with Crippen molar-refractivity contribution in [3.05, 3.63) is 40.2 Å². The van der Waals surface area contributed by atoms with Crippen molar-refractivity contribution in [3.63, 3.8) is 0 Å². The molecule has 1 aliphatic rings. The highest BCUT2D eigenvalue weighted by atomic mass is 32.1. The fraction of sp³-hybridized carbons (Fsp3) is 0.500. The number of nitrogens with one attached hydrogen (secondary N) is 1. The van der Waals surface area contributed by atoms with Crippen LogP contribution in [0.3, 0.4) is 0 Å². The molecule has 0 aromatic carbocycles. The van der Waals surface area contributed by atoms with Gasteiger partial charge in [0.15, 0.2) is 0 Å². The lowest BCUT2D eigenvalue weighted by molar-refractivity contribution is -0.117. The molecule has 1 saturated carbocycles. The van der Waals surface area contributed by atoms with E-state index in [0.717, 1.165) is 29.9 Å². The van der Waals surface area contributed by atoms with E-state index in [9.17, 15) is 14.4 Å². The molecule has 32 heavy (non-hydrogen) atoms. The number of hydrogen-bond donors (Lipinski definition) is 1. The molecule has 2 aromatic rings. The van der Waals surface area contributed by atoms with Gasteiger partial charge in [-0.2, -0.15) is 0 Å². The van der Waals surface area contributed by atoms with Crippen LogP contribution in [-0.4, -0.2) is 62.3 Å². The summed E-state index contributed by atoms with van der Waals surface area (Å²) >= 11 is 1.01. The van der Waals surface area contributed by atoms with Crippen LogP contribution in [0, 0.1) is 6.92 Å². The number of ether oxygens (including phenoxy) is 3. The third-order valence-corrected chi connectivity index (χ3v) is 6.12. The van der Waals surface area contributed by atoms with Crippen LogP contribution in [0.15, 0.2) is 22.8 Å². The van der Waals surface area contributed by atoms with Crippen molar-refractivity contribution in [2.45, 2.75) is 39.3 Å². The number of esters is 2. The summed E-state index contributed by atoms with van der Waals surface area (Å²) in [5.41, 5.74) is 0.591. The predicted octanol–water partition coefficient (Wildman–Crippen LogP) is 3.23. The standard InChI is InChI=1S/C22H28N2O7S/c1-4-29-21(26)18-14(2)19(22(27)31-11-10-28-3)32-20(18)23-17(25)13-24(15-7-8-15)12-16-6-5-9-30-16/h5-6,9,15H,4,7-8,10-13H2,1-3H3,(H,23,25). The van der Waals surface area contributed by atoms with E-state index in [1.165, 1.54) is 7.11 Å². The molecular formula is C22H28N2O7S. The molecule has 1 fully saturated rings. The van der Waals surface area contributed by atoms with Gasteiger partial charge >= 0.3 is 11.9 Å². The second-order valence-electron chi connectivity index (χ2n) is 7.37. The van der Waals surface area contributed by atoms with Crippen molar-refractivity contribution in [3.8, 4) is 0 Å². The van der Waals surface area contributed by atoms with Gasteiger partial charge in [0.2, 0.25) is 5.91 Å². The quantitative estimate of drug-likeness (QED) is 0.377. The molecule has 9 nitrogen and oxygen atoms in total. The third kappa shape index (κ3) is 6.18. The Morgan fingerprint density at radius 3 is 2.62 bits per heavy atom. The van der Waals surface area contributed by atoms with Crippen LogP contribution in [-0.2, 0) is 25.5 Å². The summed E-state index contributed by atoms with van der Waals surface area (Å²) in [6.07, 6.45) is 3.66. The Labute approximate surface area is 190 Å². The lowest BCUT2D eigenvalue weighted by Crippen LogP contribution is -2.34. The smallest absolute Gasteiger partial charge is 0.348 e. The summed E-state index contributed by atoms with van der Waals surface area (Å²) in [6, 6.07) is 4.01. The Balaban J connectivity index is 1.75. The maximum Gasteiger partial charge on any atom is 0.348 e. The minimum Gasteiger partial charge on any atom is -0.468 e. The van der Waals surface area contributed by atoms with Crippen molar-refractivity contribution < 1.29 is 33.0 Å². The number of amides is 1. The zero-order chi connectivity index (χ0) is 23.1. The van der Waals surface area contributed by atoms with Gasteiger partial charge in [-0.15, -0.1) is 11.3 Å². The maximum absolute atomic E-state index is 12.9. The third-order valence-electron chi connectivity index (χ3n) is 4.93. The van der Waals surface area contributed by atoms with Gasteiger partial charge in [-0.1, -0.05) is 0 Å². The van der Waals surface area contributed by atoms with Gasteiger partial charge in [-0.25, -0.2) is 9.59 Å². The zero-order valence-corrected chi connectivity index (χ0v) is 19.3. The number of carbonyl (C=O) groups excluding carboxylic acids is 3. The van der Waals surface area contributed by atoms with Crippen molar-refractivity contribution in [2.75, 3.05) is 38.8 Å². The van der Waals surface area contributed by atoms with E-state index in [1.807, 2.05) is 17.0 Å². The summed E-state index contributed by atoms with van der Waals surface area (Å²) in [5.74, 6) is -0.672. The van der Waals surface area contributed by atoms with Gasteiger partial charge in [-0.05, 0) is 44.4 Å². The van der Waals surface area contributed by atoms with E-state index >= 15 is 0 Å². The average Bonchev–Trinajstić information content (AvgIpc) is 3.38. The largest absolute Gasteiger partial charge is 0.468 e. The number of anilines is 1. The minimum atomic E-state index is -0.595. The summed E-state index contributed by atoms with van der Waals surface area (Å²) in [4.78, 5) is 40.2. The zero-order valence-electron chi connectivity index (χ0n) is 18.5. The normalized spacial score (nSPS) is 13.2. The molecule has 0 unspecified atom stereocenters. The molecule has 10 heteroatoms. The van der Waals surface area contributed by atoms with Crippen LogP contribution in [0.1, 0.15) is 51.1 Å². The molecule has 0 spiro atoms. The number of nitrogens with zero attached hydrogens (tertiary/aromatic N) is 1. The molecule has 0 saturated heterocycles. The van der Waals surface area contributed by atoms with Crippen LogP contribution < -0.4 is 5.32 Å². The Morgan fingerprint density at radius 2 is 2.00 bits per heavy atom. The number of methoxy groups -OCH3 is 1. The fourth-order valence-electron chi connectivity index (χ4n) is 3.24. The van der Waals surface area contributed by atoms with Crippen molar-refractivity contribution in [1.29, 1.82) is 0 Å². The average molecular weight is 465 g/mol. The second kappa shape index (κ2) is 11.3. The molecule has 0 atom stereocenters. The molecule has 0 bridgehead atoms. The number of carbonyl (C=O) groups is 3. The highest BCUT2D eigenvalue weighted by Crippen LogP contribution is 2.35. The highest BCUT2D eigenvalue weighted by Gasteiger charge is 2.32. The summed E-state index contributed by atoms with van der Waals surface area (Å²) in [5, 5.41) is 3.08. The van der Waals surface area contributed by atoms with Crippen molar-refractivity contribution in [1.82, 2.24) is 4.90 Å². The summed E-state index contributed by atoms with van der Waals surface area (Å²) in [6.45, 7) is 4.52. The first-order valence-electron chi connectivity index (χ1n) is 10.5. The molecule has 0 aliphatic heterocycles. The summed E-state index contributed by atoms with van der Waals surface area (Å²) < 4.78 is 20.6. The molecule has 3 rings (SSSR count). The molecule has 1 amide bonds. The fourth-order valence-corrected chi connectivity index (χ4v) is 4.34. The predicted molar refractivity (Wildman–Crippen MR) is 118 cm³/mol. The van der Waals surface area contributed by atoms with Crippen LogP contribution in [0.2, 0.25) is 0 Å². The minimum absolute atomic E-state index is 0.0895. The molecule has 2 heterocycles. The Hall–Kier alpha value is -2.69. The number of furan rings is 1. The van der Waals surface area contributed by atoms with Crippen LogP contribution in [0.5, 0.6) is 0 Å². The van der Waals surface area contributed by atoms with Gasteiger partial charge < -0.3 is 23.9 Å². The number of rotatable bonds is 12. The van der Waals surface area contributed by atoms with E-state index < -0.39 is 11.9 Å². The molecule has 1 N–H and O–H groups in total.